The van der Waals surface area contributed by atoms with E-state index in [-0.39, 0.29) is 26.2 Å². The van der Waals surface area contributed by atoms with Gasteiger partial charge in [0.25, 0.3) is 0 Å². The Kier molecular flexibility index (Phi) is 4.09. The molecule has 1 aliphatic rings. The number of alkyl carbamates (subject to hydrolysis) is 1. The summed E-state index contributed by atoms with van der Waals surface area (Å²) in [4.78, 5) is 23.6. The molecule has 20 heavy (non-hydrogen) atoms. The van der Waals surface area contributed by atoms with Gasteiger partial charge in [-0.2, -0.15) is 0 Å². The molecule has 1 fully saturated rings. The number of carboxylic acid groups (broad SMARTS) is 1. The lowest BCUT2D eigenvalue weighted by Gasteiger charge is -2.47. The van der Waals surface area contributed by atoms with Gasteiger partial charge in [0.05, 0.1) is 18.6 Å². The van der Waals surface area contributed by atoms with E-state index in [9.17, 15) is 9.59 Å². The fourth-order valence-corrected chi connectivity index (χ4v) is 2.05. The number of rotatable bonds is 4. The molecule has 0 radical (unpaired) electrons. The summed E-state index contributed by atoms with van der Waals surface area (Å²) >= 11 is 0. The van der Waals surface area contributed by atoms with Crippen LogP contribution in [0.4, 0.5) is 9.59 Å². The molecule has 2 amide bonds. The van der Waals surface area contributed by atoms with Gasteiger partial charge in [-0.1, -0.05) is 30.3 Å². The van der Waals surface area contributed by atoms with Crippen molar-refractivity contribution in [3.8, 4) is 0 Å². The summed E-state index contributed by atoms with van der Waals surface area (Å²) in [5.41, 5.74) is 5.76. The van der Waals surface area contributed by atoms with Crippen molar-refractivity contribution >= 4 is 12.2 Å². The first-order valence-electron chi connectivity index (χ1n) is 6.21. The average Bonchev–Trinajstić information content (AvgIpc) is 2.41. The lowest BCUT2D eigenvalue weighted by molar-refractivity contribution is 0.0408. The molecule has 0 aromatic heterocycles. The maximum atomic E-state index is 11.7. The Bertz CT molecular complexity index is 486. The third-order valence-corrected chi connectivity index (χ3v) is 3.23. The second-order valence-corrected chi connectivity index (χ2v) is 4.81. The molecule has 0 saturated carbocycles. The van der Waals surface area contributed by atoms with E-state index in [0.29, 0.717) is 0 Å². The molecule has 1 saturated heterocycles. The van der Waals surface area contributed by atoms with Gasteiger partial charge >= 0.3 is 12.2 Å². The van der Waals surface area contributed by atoms with Crippen molar-refractivity contribution < 1.29 is 19.4 Å². The molecule has 1 aliphatic heterocycles. The molecular formula is C13H17N3O4. The summed E-state index contributed by atoms with van der Waals surface area (Å²) < 4.78 is 5.09. The van der Waals surface area contributed by atoms with Crippen LogP contribution in [0, 0.1) is 0 Å². The van der Waals surface area contributed by atoms with Crippen LogP contribution < -0.4 is 11.1 Å². The first-order valence-corrected chi connectivity index (χ1v) is 6.21. The van der Waals surface area contributed by atoms with E-state index in [0.717, 1.165) is 5.56 Å². The number of nitrogens with one attached hydrogen (secondary N) is 1. The molecule has 0 bridgehead atoms. The molecule has 7 nitrogen and oxygen atoms in total. The van der Waals surface area contributed by atoms with E-state index in [2.05, 4.69) is 5.32 Å². The van der Waals surface area contributed by atoms with Crippen LogP contribution >= 0.6 is 0 Å². The monoisotopic (exact) mass is 279 g/mol. The Morgan fingerprint density at radius 2 is 2.00 bits per heavy atom. The maximum absolute atomic E-state index is 11.7. The first kappa shape index (κ1) is 14.1. The lowest BCUT2D eigenvalue weighted by Crippen LogP contribution is -2.74. The summed E-state index contributed by atoms with van der Waals surface area (Å²) in [6.07, 6.45) is -1.61. The fraction of sp³-hybridized carbons (Fsp3) is 0.385. The first-order chi connectivity index (χ1) is 9.54. The minimum absolute atomic E-state index is 0.163. The van der Waals surface area contributed by atoms with E-state index in [1.54, 1.807) is 0 Å². The van der Waals surface area contributed by atoms with E-state index in [4.69, 9.17) is 15.6 Å². The zero-order chi connectivity index (χ0) is 14.6. The Hall–Kier alpha value is -2.28. The minimum Gasteiger partial charge on any atom is -0.465 e. The molecule has 0 spiro atoms. The number of nitrogens with zero attached hydrogens (tertiary/aromatic N) is 1. The molecule has 108 valence electrons. The van der Waals surface area contributed by atoms with E-state index in [1.807, 2.05) is 30.3 Å². The predicted octanol–water partition coefficient (Wildman–Crippen LogP) is 0.604. The van der Waals surface area contributed by atoms with Crippen molar-refractivity contribution in [3.05, 3.63) is 35.9 Å². The molecule has 1 aromatic rings. The Balaban J connectivity index is 1.81. The quantitative estimate of drug-likeness (QED) is 0.748. The van der Waals surface area contributed by atoms with Crippen LogP contribution in [0.2, 0.25) is 0 Å². The highest BCUT2D eigenvalue weighted by Gasteiger charge is 2.45. The summed E-state index contributed by atoms with van der Waals surface area (Å²) in [5, 5.41) is 11.4. The minimum atomic E-state index is -1.02. The van der Waals surface area contributed by atoms with E-state index in [1.165, 1.54) is 4.90 Å². The summed E-state index contributed by atoms with van der Waals surface area (Å²) in [5.74, 6) is 0. The van der Waals surface area contributed by atoms with Crippen molar-refractivity contribution in [1.29, 1.82) is 0 Å². The molecule has 0 aliphatic carbocycles. The molecule has 7 heteroatoms. The van der Waals surface area contributed by atoms with Gasteiger partial charge in [0.15, 0.2) is 0 Å². The topological polar surface area (TPSA) is 105 Å². The fourth-order valence-electron chi connectivity index (χ4n) is 2.05. The third-order valence-electron chi connectivity index (χ3n) is 3.23. The number of hydrogen-bond acceptors (Lipinski definition) is 4. The predicted molar refractivity (Wildman–Crippen MR) is 71.1 cm³/mol. The van der Waals surface area contributed by atoms with E-state index < -0.39 is 17.7 Å². The number of amides is 2. The number of nitrogens with two attached hydrogens (primary N) is 1. The number of carbonyl (C=O) groups is 2. The highest BCUT2D eigenvalue weighted by molar-refractivity contribution is 5.71. The standard InChI is InChI=1S/C13H17N3O4/c14-7-13(8-16(9-13)12(18)19)15-11(17)20-6-10-4-2-1-3-5-10/h1-5H,6-9,14H2,(H,15,17)(H,18,19). The van der Waals surface area contributed by atoms with Crippen molar-refractivity contribution in [2.45, 2.75) is 12.1 Å². The van der Waals surface area contributed by atoms with Gasteiger partial charge in [0.1, 0.15) is 6.61 Å². The Morgan fingerprint density at radius 1 is 1.35 bits per heavy atom. The smallest absolute Gasteiger partial charge is 0.408 e. The molecule has 1 heterocycles. The van der Waals surface area contributed by atoms with Crippen molar-refractivity contribution in [2.24, 2.45) is 5.73 Å². The molecule has 1 aromatic carbocycles. The van der Waals surface area contributed by atoms with Crippen LogP contribution in [-0.4, -0.2) is 47.4 Å². The number of carbonyl (C=O) groups excluding carboxylic acids is 1. The normalized spacial score (nSPS) is 16.1. The highest BCUT2D eigenvalue weighted by atomic mass is 16.5. The average molecular weight is 279 g/mol. The summed E-state index contributed by atoms with van der Waals surface area (Å²) in [6.45, 7) is 0.686. The summed E-state index contributed by atoms with van der Waals surface area (Å²) in [7, 11) is 0. The number of ether oxygens (including phenoxy) is 1. The van der Waals surface area contributed by atoms with Crippen LogP contribution in [0.5, 0.6) is 0 Å². The molecule has 2 rings (SSSR count). The van der Waals surface area contributed by atoms with Gasteiger partial charge in [-0.05, 0) is 5.56 Å². The second kappa shape index (κ2) is 5.79. The Morgan fingerprint density at radius 3 is 2.55 bits per heavy atom. The van der Waals surface area contributed by atoms with Crippen LogP contribution in [0.15, 0.2) is 30.3 Å². The Labute approximate surface area is 116 Å². The van der Waals surface area contributed by atoms with E-state index >= 15 is 0 Å². The van der Waals surface area contributed by atoms with Gasteiger partial charge in [-0.25, -0.2) is 9.59 Å². The van der Waals surface area contributed by atoms with Crippen LogP contribution in [-0.2, 0) is 11.3 Å². The molecule has 4 N–H and O–H groups in total. The van der Waals surface area contributed by atoms with Crippen molar-refractivity contribution in [1.82, 2.24) is 10.2 Å². The highest BCUT2D eigenvalue weighted by Crippen LogP contribution is 2.20. The SMILES string of the molecule is NCC1(NC(=O)OCc2ccccc2)CN(C(=O)O)C1. The van der Waals surface area contributed by atoms with Crippen LogP contribution in [0.1, 0.15) is 5.56 Å². The van der Waals surface area contributed by atoms with Crippen LogP contribution in [0.25, 0.3) is 0 Å². The summed E-state index contributed by atoms with van der Waals surface area (Å²) in [6, 6.07) is 9.29. The molecular weight excluding hydrogens is 262 g/mol. The number of hydrogen-bond donors (Lipinski definition) is 3. The van der Waals surface area contributed by atoms with Gasteiger partial charge in [-0.15, -0.1) is 0 Å². The second-order valence-electron chi connectivity index (χ2n) is 4.81. The zero-order valence-corrected chi connectivity index (χ0v) is 10.9. The van der Waals surface area contributed by atoms with Crippen LogP contribution in [0.3, 0.4) is 0 Å². The largest absolute Gasteiger partial charge is 0.465 e. The molecule has 0 atom stereocenters. The zero-order valence-electron chi connectivity index (χ0n) is 10.9. The van der Waals surface area contributed by atoms with Gasteiger partial charge in [0, 0.05) is 6.54 Å². The van der Waals surface area contributed by atoms with Gasteiger partial charge < -0.3 is 25.8 Å². The number of likely N-dealkylation sites (tertiary alicyclic amines) is 1. The van der Waals surface area contributed by atoms with Crippen molar-refractivity contribution in [2.75, 3.05) is 19.6 Å². The third kappa shape index (κ3) is 3.18. The molecule has 0 unspecified atom stereocenters. The van der Waals surface area contributed by atoms with Gasteiger partial charge in [0.2, 0.25) is 0 Å². The maximum Gasteiger partial charge on any atom is 0.408 e. The van der Waals surface area contributed by atoms with Crippen molar-refractivity contribution in [3.63, 3.8) is 0 Å². The lowest BCUT2D eigenvalue weighted by atomic mass is 9.90. The number of benzene rings is 1. The van der Waals surface area contributed by atoms with Gasteiger partial charge in [-0.3, -0.25) is 0 Å².